The van der Waals surface area contributed by atoms with Crippen molar-refractivity contribution in [2.24, 2.45) is 0 Å². The number of para-hydroxylation sites is 1. The molecule has 2 aromatic carbocycles. The number of hydrogen-bond acceptors (Lipinski definition) is 3. The molecular formula is C22H26ClFN4O. The lowest BCUT2D eigenvalue weighted by molar-refractivity contribution is -0.115. The van der Waals surface area contributed by atoms with Crippen molar-refractivity contribution in [3.8, 4) is 5.69 Å². The van der Waals surface area contributed by atoms with Gasteiger partial charge in [-0.1, -0.05) is 25.1 Å². The van der Waals surface area contributed by atoms with Crippen molar-refractivity contribution in [2.45, 2.75) is 33.7 Å². The number of anilines is 1. The third-order valence-electron chi connectivity index (χ3n) is 4.71. The van der Waals surface area contributed by atoms with E-state index in [1.807, 2.05) is 45.0 Å². The molecule has 0 saturated carbocycles. The van der Waals surface area contributed by atoms with E-state index >= 15 is 0 Å². The van der Waals surface area contributed by atoms with Gasteiger partial charge < -0.3 is 10.6 Å². The van der Waals surface area contributed by atoms with Crippen LogP contribution in [-0.4, -0.2) is 22.2 Å². The maximum absolute atomic E-state index is 13.2. The second kappa shape index (κ2) is 10.2. The summed E-state index contributed by atoms with van der Waals surface area (Å²) in [7, 11) is 0. The van der Waals surface area contributed by atoms with Gasteiger partial charge in [-0.3, -0.25) is 4.79 Å². The number of nitrogens with one attached hydrogen (secondary N) is 2. The Hall–Kier alpha value is -2.70. The molecule has 0 atom stereocenters. The molecule has 0 aliphatic rings. The van der Waals surface area contributed by atoms with Gasteiger partial charge in [-0.25, -0.2) is 9.07 Å². The zero-order valence-corrected chi connectivity index (χ0v) is 17.6. The Kier molecular flexibility index (Phi) is 7.93. The van der Waals surface area contributed by atoms with Gasteiger partial charge >= 0.3 is 0 Å². The number of nitrogens with zero attached hydrogens (tertiary/aromatic N) is 2. The molecule has 29 heavy (non-hydrogen) atoms. The van der Waals surface area contributed by atoms with Crippen molar-refractivity contribution >= 4 is 24.0 Å². The largest absolute Gasteiger partial charge is 0.325 e. The normalized spacial score (nSPS) is 10.5. The fourth-order valence-corrected chi connectivity index (χ4v) is 3.18. The summed E-state index contributed by atoms with van der Waals surface area (Å²) in [6.45, 7) is 7.42. The topological polar surface area (TPSA) is 58.9 Å². The van der Waals surface area contributed by atoms with E-state index in [9.17, 15) is 9.18 Å². The molecular weight excluding hydrogens is 391 g/mol. The zero-order chi connectivity index (χ0) is 20.1. The average molecular weight is 417 g/mol. The molecule has 5 nitrogen and oxygen atoms in total. The number of rotatable bonds is 7. The lowest BCUT2D eigenvalue weighted by Crippen LogP contribution is -2.18. The SMILES string of the molecule is CCNCc1ccccc1NC(=O)Cc1c(C)nn(-c2ccc(F)cc2)c1C.Cl. The van der Waals surface area contributed by atoms with Crippen molar-refractivity contribution < 1.29 is 9.18 Å². The Bertz CT molecular complexity index is 969. The van der Waals surface area contributed by atoms with Gasteiger partial charge in [0.25, 0.3) is 0 Å². The number of halogens is 2. The highest BCUT2D eigenvalue weighted by Gasteiger charge is 2.16. The van der Waals surface area contributed by atoms with E-state index in [0.717, 1.165) is 40.4 Å². The van der Waals surface area contributed by atoms with Crippen LogP contribution in [0, 0.1) is 19.7 Å². The summed E-state index contributed by atoms with van der Waals surface area (Å²) < 4.78 is 14.9. The van der Waals surface area contributed by atoms with Crippen LogP contribution >= 0.6 is 12.4 Å². The van der Waals surface area contributed by atoms with E-state index in [2.05, 4.69) is 15.7 Å². The summed E-state index contributed by atoms with van der Waals surface area (Å²) in [5.74, 6) is -0.380. The van der Waals surface area contributed by atoms with Crippen LogP contribution in [0.2, 0.25) is 0 Å². The summed E-state index contributed by atoms with van der Waals surface area (Å²) in [6, 6.07) is 13.9. The molecule has 0 saturated heterocycles. The Balaban J connectivity index is 0.00000300. The molecule has 0 fully saturated rings. The van der Waals surface area contributed by atoms with Crippen molar-refractivity contribution in [1.29, 1.82) is 0 Å². The lowest BCUT2D eigenvalue weighted by Gasteiger charge is -2.11. The molecule has 3 rings (SSSR count). The fourth-order valence-electron chi connectivity index (χ4n) is 3.18. The van der Waals surface area contributed by atoms with E-state index in [4.69, 9.17) is 0 Å². The van der Waals surface area contributed by atoms with Crippen LogP contribution in [0.25, 0.3) is 5.69 Å². The van der Waals surface area contributed by atoms with Gasteiger partial charge in [0.15, 0.2) is 0 Å². The second-order valence-electron chi connectivity index (χ2n) is 6.70. The van der Waals surface area contributed by atoms with Crippen molar-refractivity contribution in [2.75, 3.05) is 11.9 Å². The van der Waals surface area contributed by atoms with E-state index in [1.54, 1.807) is 16.8 Å². The van der Waals surface area contributed by atoms with Crippen LogP contribution in [0.15, 0.2) is 48.5 Å². The Morgan fingerprint density at radius 3 is 2.48 bits per heavy atom. The van der Waals surface area contributed by atoms with Gasteiger partial charge in [0.05, 0.1) is 17.8 Å². The van der Waals surface area contributed by atoms with Crippen LogP contribution in [0.1, 0.15) is 29.4 Å². The fraction of sp³-hybridized carbons (Fsp3) is 0.273. The quantitative estimate of drug-likeness (QED) is 0.602. The summed E-state index contributed by atoms with van der Waals surface area (Å²) >= 11 is 0. The molecule has 3 aromatic rings. The minimum absolute atomic E-state index is 0. The first-order valence-electron chi connectivity index (χ1n) is 9.39. The molecule has 1 amide bonds. The van der Waals surface area contributed by atoms with E-state index in [-0.39, 0.29) is 30.6 Å². The number of hydrogen-bond donors (Lipinski definition) is 2. The molecule has 2 N–H and O–H groups in total. The number of benzene rings is 2. The molecule has 1 heterocycles. The maximum Gasteiger partial charge on any atom is 0.228 e. The standard InChI is InChI=1S/C22H25FN4O.ClH/c1-4-24-14-17-7-5-6-8-21(17)25-22(28)13-20-15(2)26-27(16(20)3)19-11-9-18(23)10-12-19;/h5-12,24H,4,13-14H2,1-3H3,(H,25,28);1H. The summed E-state index contributed by atoms with van der Waals surface area (Å²) in [5.41, 5.74) is 5.18. The van der Waals surface area contributed by atoms with Crippen LogP contribution in [0.5, 0.6) is 0 Å². The highest BCUT2D eigenvalue weighted by molar-refractivity contribution is 5.93. The predicted molar refractivity (Wildman–Crippen MR) is 116 cm³/mol. The van der Waals surface area contributed by atoms with Gasteiger partial charge in [0.1, 0.15) is 5.82 Å². The number of carbonyl (C=O) groups is 1. The van der Waals surface area contributed by atoms with Crippen LogP contribution in [-0.2, 0) is 17.8 Å². The van der Waals surface area contributed by atoms with Crippen molar-refractivity contribution in [3.05, 3.63) is 76.9 Å². The molecule has 0 aliphatic carbocycles. The molecule has 154 valence electrons. The third-order valence-corrected chi connectivity index (χ3v) is 4.71. The molecule has 0 radical (unpaired) electrons. The Labute approximate surface area is 176 Å². The van der Waals surface area contributed by atoms with E-state index < -0.39 is 0 Å². The van der Waals surface area contributed by atoms with E-state index in [0.29, 0.717) is 6.54 Å². The minimum Gasteiger partial charge on any atom is -0.325 e. The summed E-state index contributed by atoms with van der Waals surface area (Å²) in [5, 5.41) is 10.8. The first-order chi connectivity index (χ1) is 13.5. The number of aromatic nitrogens is 2. The smallest absolute Gasteiger partial charge is 0.228 e. The molecule has 0 bridgehead atoms. The van der Waals surface area contributed by atoms with Crippen LogP contribution in [0.4, 0.5) is 10.1 Å². The third kappa shape index (κ3) is 5.43. The minimum atomic E-state index is -0.291. The molecule has 0 unspecified atom stereocenters. The lowest BCUT2D eigenvalue weighted by atomic mass is 10.1. The Morgan fingerprint density at radius 2 is 1.79 bits per heavy atom. The first kappa shape index (κ1) is 22.6. The van der Waals surface area contributed by atoms with Gasteiger partial charge in [-0.15, -0.1) is 12.4 Å². The summed E-state index contributed by atoms with van der Waals surface area (Å²) in [6.07, 6.45) is 0.231. The predicted octanol–water partition coefficient (Wildman–Crippen LogP) is 4.34. The molecule has 7 heteroatoms. The molecule has 0 spiro atoms. The number of aryl methyl sites for hydroxylation is 1. The highest BCUT2D eigenvalue weighted by atomic mass is 35.5. The van der Waals surface area contributed by atoms with Gasteiger partial charge in [0, 0.05) is 23.5 Å². The first-order valence-corrected chi connectivity index (χ1v) is 9.39. The van der Waals surface area contributed by atoms with Crippen LogP contribution < -0.4 is 10.6 Å². The summed E-state index contributed by atoms with van der Waals surface area (Å²) in [4.78, 5) is 12.7. The second-order valence-corrected chi connectivity index (χ2v) is 6.70. The number of carbonyl (C=O) groups excluding carboxylic acids is 1. The van der Waals surface area contributed by atoms with Crippen molar-refractivity contribution in [3.63, 3.8) is 0 Å². The van der Waals surface area contributed by atoms with Crippen LogP contribution in [0.3, 0.4) is 0 Å². The van der Waals surface area contributed by atoms with Gasteiger partial charge in [-0.2, -0.15) is 5.10 Å². The molecule has 0 aliphatic heterocycles. The highest BCUT2D eigenvalue weighted by Crippen LogP contribution is 2.20. The Morgan fingerprint density at radius 1 is 1.10 bits per heavy atom. The maximum atomic E-state index is 13.2. The van der Waals surface area contributed by atoms with Crippen molar-refractivity contribution in [1.82, 2.24) is 15.1 Å². The zero-order valence-electron chi connectivity index (χ0n) is 16.8. The van der Waals surface area contributed by atoms with Gasteiger partial charge in [-0.05, 0) is 56.3 Å². The monoisotopic (exact) mass is 416 g/mol. The van der Waals surface area contributed by atoms with Gasteiger partial charge in [0.2, 0.25) is 5.91 Å². The average Bonchev–Trinajstić information content (AvgIpc) is 2.96. The van der Waals surface area contributed by atoms with E-state index in [1.165, 1.54) is 12.1 Å². The molecule has 1 aromatic heterocycles. The number of amides is 1.